The zero-order valence-corrected chi connectivity index (χ0v) is 9.52. The van der Waals surface area contributed by atoms with Gasteiger partial charge in [0, 0.05) is 15.6 Å². The summed E-state index contributed by atoms with van der Waals surface area (Å²) in [6.07, 6.45) is 0. The zero-order valence-electron chi connectivity index (χ0n) is 8.00. The van der Waals surface area contributed by atoms with Crippen molar-refractivity contribution in [3.8, 4) is 11.1 Å². The Morgan fingerprint density at radius 1 is 0.867 bits per heavy atom. The van der Waals surface area contributed by atoms with Crippen molar-refractivity contribution in [2.24, 2.45) is 0 Å². The summed E-state index contributed by atoms with van der Waals surface area (Å²) in [6, 6.07) is 13.3. The molecule has 0 atom stereocenters. The molecule has 0 aliphatic rings. The van der Waals surface area contributed by atoms with E-state index >= 15 is 0 Å². The van der Waals surface area contributed by atoms with Gasteiger partial charge in [0.15, 0.2) is 0 Å². The maximum absolute atomic E-state index is 6.11. The van der Waals surface area contributed by atoms with Gasteiger partial charge < -0.3 is 0 Å². The molecular formula is C13H9Cl2. The third kappa shape index (κ3) is 2.34. The molecule has 15 heavy (non-hydrogen) atoms. The summed E-state index contributed by atoms with van der Waals surface area (Å²) >= 11 is 11.9. The Kier molecular flexibility index (Phi) is 2.99. The van der Waals surface area contributed by atoms with E-state index in [1.807, 2.05) is 42.5 Å². The lowest BCUT2D eigenvalue weighted by atomic mass is 10.0. The van der Waals surface area contributed by atoms with Crippen molar-refractivity contribution in [3.63, 3.8) is 0 Å². The lowest BCUT2D eigenvalue weighted by Gasteiger charge is -2.05. The minimum atomic E-state index is 0.723. The zero-order chi connectivity index (χ0) is 10.8. The third-order valence-corrected chi connectivity index (χ3v) is 2.77. The normalized spacial score (nSPS) is 10.3. The van der Waals surface area contributed by atoms with Crippen LogP contribution in [0.4, 0.5) is 0 Å². The van der Waals surface area contributed by atoms with Gasteiger partial charge in [0.2, 0.25) is 0 Å². The second kappa shape index (κ2) is 4.26. The molecule has 2 rings (SSSR count). The van der Waals surface area contributed by atoms with Crippen molar-refractivity contribution >= 4 is 23.2 Å². The van der Waals surface area contributed by atoms with Gasteiger partial charge in [0.25, 0.3) is 0 Å². The lowest BCUT2D eigenvalue weighted by Crippen LogP contribution is -1.81. The smallest absolute Gasteiger partial charge is 0.0484 e. The highest BCUT2D eigenvalue weighted by atomic mass is 35.5. The lowest BCUT2D eigenvalue weighted by molar-refractivity contribution is 1.57. The molecule has 0 unspecified atom stereocenters. The first-order valence-electron chi connectivity index (χ1n) is 4.54. The number of benzene rings is 2. The SMILES string of the molecule is [CH2]c1ccc(Cl)c(-c2ccc(Cl)cc2)c1. The molecule has 75 valence electrons. The minimum absolute atomic E-state index is 0.723. The van der Waals surface area contributed by atoms with Gasteiger partial charge in [-0.3, -0.25) is 0 Å². The van der Waals surface area contributed by atoms with E-state index in [4.69, 9.17) is 23.2 Å². The Morgan fingerprint density at radius 3 is 2.20 bits per heavy atom. The average molecular weight is 236 g/mol. The highest BCUT2D eigenvalue weighted by Gasteiger charge is 2.03. The van der Waals surface area contributed by atoms with E-state index in [1.165, 1.54) is 0 Å². The molecule has 0 amide bonds. The molecular weight excluding hydrogens is 227 g/mol. The van der Waals surface area contributed by atoms with E-state index in [9.17, 15) is 0 Å². The summed E-state index contributed by atoms with van der Waals surface area (Å²) < 4.78 is 0. The van der Waals surface area contributed by atoms with Crippen LogP contribution in [0.25, 0.3) is 11.1 Å². The van der Waals surface area contributed by atoms with Crippen LogP contribution in [0, 0.1) is 6.92 Å². The molecule has 2 heteroatoms. The van der Waals surface area contributed by atoms with Crippen LogP contribution >= 0.6 is 23.2 Å². The van der Waals surface area contributed by atoms with Crippen LogP contribution in [0.5, 0.6) is 0 Å². The Morgan fingerprint density at radius 2 is 1.53 bits per heavy atom. The van der Waals surface area contributed by atoms with Crippen molar-refractivity contribution in [2.45, 2.75) is 0 Å². The Bertz CT molecular complexity index is 472. The van der Waals surface area contributed by atoms with E-state index in [2.05, 4.69) is 6.92 Å². The first-order valence-corrected chi connectivity index (χ1v) is 5.30. The second-order valence-corrected chi connectivity index (χ2v) is 4.16. The molecule has 0 heterocycles. The van der Waals surface area contributed by atoms with Crippen LogP contribution < -0.4 is 0 Å². The van der Waals surface area contributed by atoms with E-state index in [-0.39, 0.29) is 0 Å². The number of hydrogen-bond donors (Lipinski definition) is 0. The van der Waals surface area contributed by atoms with Gasteiger partial charge >= 0.3 is 0 Å². The monoisotopic (exact) mass is 235 g/mol. The van der Waals surface area contributed by atoms with E-state index < -0.39 is 0 Å². The van der Waals surface area contributed by atoms with Gasteiger partial charge in [-0.1, -0.05) is 41.4 Å². The van der Waals surface area contributed by atoms with E-state index in [0.717, 1.165) is 26.7 Å². The quantitative estimate of drug-likeness (QED) is 0.664. The minimum Gasteiger partial charge on any atom is -0.0843 e. The van der Waals surface area contributed by atoms with Crippen molar-refractivity contribution in [1.29, 1.82) is 0 Å². The van der Waals surface area contributed by atoms with Crippen LogP contribution in [0.15, 0.2) is 42.5 Å². The van der Waals surface area contributed by atoms with Crippen LogP contribution in [0.3, 0.4) is 0 Å². The van der Waals surface area contributed by atoms with Gasteiger partial charge in [0.05, 0.1) is 0 Å². The van der Waals surface area contributed by atoms with Crippen molar-refractivity contribution in [1.82, 2.24) is 0 Å². The molecule has 0 aliphatic heterocycles. The molecule has 2 aromatic carbocycles. The maximum Gasteiger partial charge on any atom is 0.0484 e. The first kappa shape index (κ1) is 10.5. The van der Waals surface area contributed by atoms with Gasteiger partial charge in [-0.15, -0.1) is 0 Å². The molecule has 2 aromatic rings. The van der Waals surface area contributed by atoms with Gasteiger partial charge in [-0.25, -0.2) is 0 Å². The predicted octanol–water partition coefficient (Wildman–Crippen LogP) is 4.84. The summed E-state index contributed by atoms with van der Waals surface area (Å²) in [5.74, 6) is 0. The Balaban J connectivity index is 2.53. The molecule has 0 N–H and O–H groups in total. The molecule has 0 aliphatic carbocycles. The van der Waals surface area contributed by atoms with Gasteiger partial charge in [-0.05, 0) is 42.3 Å². The fourth-order valence-corrected chi connectivity index (χ4v) is 1.78. The molecule has 0 nitrogen and oxygen atoms in total. The fourth-order valence-electron chi connectivity index (χ4n) is 1.42. The topological polar surface area (TPSA) is 0 Å². The van der Waals surface area contributed by atoms with Crippen molar-refractivity contribution in [3.05, 3.63) is 65.0 Å². The fraction of sp³-hybridized carbons (Fsp3) is 0. The van der Waals surface area contributed by atoms with E-state index in [0.29, 0.717) is 0 Å². The number of halogens is 2. The van der Waals surface area contributed by atoms with Gasteiger partial charge in [0.1, 0.15) is 0 Å². The van der Waals surface area contributed by atoms with Crippen LogP contribution in [-0.4, -0.2) is 0 Å². The Labute approximate surface area is 99.5 Å². The molecule has 0 bridgehead atoms. The van der Waals surface area contributed by atoms with Crippen LogP contribution in [0.2, 0.25) is 10.0 Å². The molecule has 0 fully saturated rings. The summed E-state index contributed by atoms with van der Waals surface area (Å²) in [5, 5.41) is 1.45. The highest BCUT2D eigenvalue weighted by Crippen LogP contribution is 2.29. The van der Waals surface area contributed by atoms with Crippen LogP contribution in [0.1, 0.15) is 5.56 Å². The molecule has 0 aromatic heterocycles. The Hall–Kier alpha value is -0.980. The maximum atomic E-state index is 6.11. The molecule has 1 radical (unpaired) electrons. The van der Waals surface area contributed by atoms with Crippen molar-refractivity contribution in [2.75, 3.05) is 0 Å². The number of rotatable bonds is 1. The van der Waals surface area contributed by atoms with E-state index in [1.54, 1.807) is 0 Å². The third-order valence-electron chi connectivity index (χ3n) is 2.19. The standard InChI is InChI=1S/C13H9Cl2/c1-9-2-7-13(15)12(8-9)10-3-5-11(14)6-4-10/h2-8H,1H2. The number of hydrogen-bond acceptors (Lipinski definition) is 0. The van der Waals surface area contributed by atoms with Crippen LogP contribution in [-0.2, 0) is 0 Å². The summed E-state index contributed by atoms with van der Waals surface area (Å²) in [7, 11) is 0. The largest absolute Gasteiger partial charge is 0.0843 e. The predicted molar refractivity (Wildman–Crippen MR) is 66.4 cm³/mol. The molecule has 0 spiro atoms. The van der Waals surface area contributed by atoms with Gasteiger partial charge in [-0.2, -0.15) is 0 Å². The molecule has 0 saturated carbocycles. The summed E-state index contributed by atoms with van der Waals surface area (Å²) in [6.45, 7) is 3.88. The second-order valence-electron chi connectivity index (χ2n) is 3.32. The summed E-state index contributed by atoms with van der Waals surface area (Å²) in [5.41, 5.74) is 2.99. The van der Waals surface area contributed by atoms with Crippen molar-refractivity contribution < 1.29 is 0 Å². The molecule has 0 saturated heterocycles. The summed E-state index contributed by atoms with van der Waals surface area (Å²) in [4.78, 5) is 0. The average Bonchev–Trinajstić information content (AvgIpc) is 2.23. The first-order chi connectivity index (χ1) is 7.16. The highest BCUT2D eigenvalue weighted by molar-refractivity contribution is 6.33.